The zero-order chi connectivity index (χ0) is 22.9. The molecule has 2 amide bonds. The minimum atomic E-state index is -3.60. The fourth-order valence-corrected chi connectivity index (χ4v) is 4.77. The predicted octanol–water partition coefficient (Wildman–Crippen LogP) is 2.96. The maximum absolute atomic E-state index is 12.8. The molecule has 2 aromatic carbocycles. The molecular formula is C23H31N3O4S. The minimum absolute atomic E-state index is 0.0340. The van der Waals surface area contributed by atoms with Gasteiger partial charge in [-0.2, -0.15) is 4.72 Å². The molecule has 0 aromatic heterocycles. The summed E-state index contributed by atoms with van der Waals surface area (Å²) in [6.45, 7) is 6.86. The molecule has 1 atom stereocenters. The second-order valence-electron chi connectivity index (χ2n) is 8.97. The molecule has 8 heteroatoms. The Morgan fingerprint density at radius 3 is 2.23 bits per heavy atom. The number of urea groups is 1. The number of nitrogens with zero attached hydrogens (tertiary/aromatic N) is 1. The van der Waals surface area contributed by atoms with E-state index in [-0.39, 0.29) is 18.0 Å². The van der Waals surface area contributed by atoms with Gasteiger partial charge in [-0.25, -0.2) is 13.2 Å². The zero-order valence-corrected chi connectivity index (χ0v) is 19.5. The summed E-state index contributed by atoms with van der Waals surface area (Å²) in [6.07, 6.45) is 1.69. The van der Waals surface area contributed by atoms with Crippen molar-refractivity contribution in [1.82, 2.24) is 14.9 Å². The number of benzene rings is 2. The van der Waals surface area contributed by atoms with Crippen molar-refractivity contribution in [3.63, 3.8) is 0 Å². The molecule has 2 N–H and O–H groups in total. The van der Waals surface area contributed by atoms with E-state index >= 15 is 0 Å². The van der Waals surface area contributed by atoms with Gasteiger partial charge in [0.25, 0.3) is 0 Å². The van der Waals surface area contributed by atoms with Crippen molar-refractivity contribution >= 4 is 16.1 Å². The van der Waals surface area contributed by atoms with E-state index < -0.39 is 15.7 Å². The molecule has 1 saturated heterocycles. The summed E-state index contributed by atoms with van der Waals surface area (Å²) in [6, 6.07) is 15.1. The second kappa shape index (κ2) is 8.51. The highest BCUT2D eigenvalue weighted by Gasteiger charge is 2.48. The van der Waals surface area contributed by atoms with Gasteiger partial charge in [0.1, 0.15) is 5.75 Å². The molecule has 1 heterocycles. The Morgan fingerprint density at radius 1 is 1.10 bits per heavy atom. The highest BCUT2D eigenvalue weighted by molar-refractivity contribution is 7.88. The molecule has 1 aliphatic rings. The number of ether oxygens (including phenoxy) is 1. The number of hydrogen-bond donors (Lipinski definition) is 2. The summed E-state index contributed by atoms with van der Waals surface area (Å²) < 4.78 is 32.5. The number of rotatable bonds is 7. The van der Waals surface area contributed by atoms with Crippen LogP contribution in [0, 0.1) is 0 Å². The average molecular weight is 446 g/mol. The summed E-state index contributed by atoms with van der Waals surface area (Å²) in [5.74, 6) is 0.759. The van der Waals surface area contributed by atoms with Crippen LogP contribution in [0.2, 0.25) is 0 Å². The molecule has 31 heavy (non-hydrogen) atoms. The third kappa shape index (κ3) is 5.19. The highest BCUT2D eigenvalue weighted by Crippen LogP contribution is 2.33. The Hall–Kier alpha value is -2.58. The molecular weight excluding hydrogens is 414 g/mol. The van der Waals surface area contributed by atoms with Crippen LogP contribution >= 0.6 is 0 Å². The first-order valence-electron chi connectivity index (χ1n) is 10.2. The van der Waals surface area contributed by atoms with Gasteiger partial charge in [0.05, 0.1) is 19.9 Å². The Labute approximate surface area is 184 Å². The van der Waals surface area contributed by atoms with Gasteiger partial charge in [-0.1, -0.05) is 57.2 Å². The van der Waals surface area contributed by atoms with Crippen LogP contribution in [0.15, 0.2) is 48.5 Å². The third-order valence-corrected chi connectivity index (χ3v) is 6.28. The monoisotopic (exact) mass is 445 g/mol. The first kappa shape index (κ1) is 23.1. The molecule has 1 unspecified atom stereocenters. The van der Waals surface area contributed by atoms with Crippen LogP contribution in [0.3, 0.4) is 0 Å². The number of methoxy groups -OCH3 is 1. The maximum Gasteiger partial charge on any atom is 0.319 e. The number of hydrogen-bond acceptors (Lipinski definition) is 4. The molecule has 1 fully saturated rings. The fraction of sp³-hybridized carbons (Fsp3) is 0.435. The number of amides is 2. The van der Waals surface area contributed by atoms with Crippen LogP contribution in [0.4, 0.5) is 4.79 Å². The summed E-state index contributed by atoms with van der Waals surface area (Å²) in [5, 5.41) is 2.82. The largest absolute Gasteiger partial charge is 0.497 e. The normalized spacial score (nSPS) is 19.4. The maximum atomic E-state index is 12.8. The second-order valence-corrected chi connectivity index (χ2v) is 10.7. The van der Waals surface area contributed by atoms with Gasteiger partial charge >= 0.3 is 6.03 Å². The van der Waals surface area contributed by atoms with Gasteiger partial charge in [-0.05, 0) is 40.7 Å². The average Bonchev–Trinajstić information content (AvgIpc) is 3.01. The van der Waals surface area contributed by atoms with E-state index in [2.05, 4.69) is 30.8 Å². The highest BCUT2D eigenvalue weighted by atomic mass is 32.2. The first-order chi connectivity index (χ1) is 14.4. The van der Waals surface area contributed by atoms with Gasteiger partial charge in [-0.3, -0.25) is 4.90 Å². The Balaban J connectivity index is 1.95. The number of carbonyl (C=O) groups excluding carboxylic acids is 1. The van der Waals surface area contributed by atoms with Crippen LogP contribution in [-0.4, -0.2) is 45.8 Å². The SMILES string of the molecule is COc1ccc(CCN2C(=O)NCC2(NS(C)(=O)=O)c2ccc(C(C)(C)C)cc2)cc1. The summed E-state index contributed by atoms with van der Waals surface area (Å²) in [7, 11) is -1.99. The lowest BCUT2D eigenvalue weighted by molar-refractivity contribution is 0.147. The number of sulfonamides is 1. The van der Waals surface area contributed by atoms with E-state index in [9.17, 15) is 13.2 Å². The van der Waals surface area contributed by atoms with Crippen molar-refractivity contribution < 1.29 is 17.9 Å². The van der Waals surface area contributed by atoms with Crippen molar-refractivity contribution in [3.8, 4) is 5.75 Å². The molecule has 7 nitrogen and oxygen atoms in total. The van der Waals surface area contributed by atoms with E-state index in [1.54, 1.807) is 12.0 Å². The van der Waals surface area contributed by atoms with Gasteiger partial charge in [-0.15, -0.1) is 0 Å². The fourth-order valence-electron chi connectivity index (χ4n) is 3.85. The van der Waals surface area contributed by atoms with E-state index in [1.807, 2.05) is 48.5 Å². The van der Waals surface area contributed by atoms with Crippen LogP contribution < -0.4 is 14.8 Å². The summed E-state index contributed by atoms with van der Waals surface area (Å²) in [5.41, 5.74) is 1.66. The number of nitrogens with one attached hydrogen (secondary N) is 2. The van der Waals surface area contributed by atoms with Gasteiger partial charge in [0.15, 0.2) is 5.66 Å². The van der Waals surface area contributed by atoms with Gasteiger partial charge < -0.3 is 10.1 Å². The van der Waals surface area contributed by atoms with Gasteiger partial charge in [0.2, 0.25) is 10.0 Å². The molecule has 3 rings (SSSR count). The van der Waals surface area contributed by atoms with Crippen molar-refractivity contribution in [2.45, 2.75) is 38.3 Å². The van der Waals surface area contributed by atoms with Crippen molar-refractivity contribution in [3.05, 3.63) is 65.2 Å². The third-order valence-electron chi connectivity index (χ3n) is 5.57. The van der Waals surface area contributed by atoms with Crippen molar-refractivity contribution in [2.24, 2.45) is 0 Å². The topological polar surface area (TPSA) is 87.7 Å². The Kier molecular flexibility index (Phi) is 6.34. The number of carbonyl (C=O) groups is 1. The summed E-state index contributed by atoms with van der Waals surface area (Å²) >= 11 is 0. The lowest BCUT2D eigenvalue weighted by Gasteiger charge is -2.38. The first-order valence-corrected chi connectivity index (χ1v) is 12.1. The standard InChI is InChI=1S/C23H31N3O4S/c1-22(2,3)18-8-10-19(11-9-18)23(25-31(5,28)29)16-24-21(27)26(23)15-14-17-6-12-20(30-4)13-7-17/h6-13,25H,14-16H2,1-5H3,(H,24,27). The van der Waals surface area contributed by atoms with Crippen LogP contribution in [0.25, 0.3) is 0 Å². The Bertz CT molecular complexity index is 1030. The summed E-state index contributed by atoms with van der Waals surface area (Å²) in [4.78, 5) is 14.3. The molecule has 0 saturated carbocycles. The molecule has 0 bridgehead atoms. The van der Waals surface area contributed by atoms with E-state index in [0.29, 0.717) is 13.0 Å². The quantitative estimate of drug-likeness (QED) is 0.686. The smallest absolute Gasteiger partial charge is 0.319 e. The van der Waals surface area contributed by atoms with Gasteiger partial charge in [0, 0.05) is 6.54 Å². The Morgan fingerprint density at radius 2 is 1.71 bits per heavy atom. The van der Waals surface area contributed by atoms with E-state index in [1.165, 1.54) is 0 Å². The zero-order valence-electron chi connectivity index (χ0n) is 18.7. The van der Waals surface area contributed by atoms with Crippen molar-refractivity contribution in [1.29, 1.82) is 0 Å². The van der Waals surface area contributed by atoms with Crippen LogP contribution in [0.1, 0.15) is 37.5 Å². The molecule has 0 aliphatic carbocycles. The van der Waals surface area contributed by atoms with E-state index in [0.717, 1.165) is 28.7 Å². The van der Waals surface area contributed by atoms with Crippen molar-refractivity contribution in [2.75, 3.05) is 26.5 Å². The van der Waals surface area contributed by atoms with E-state index in [4.69, 9.17) is 4.74 Å². The minimum Gasteiger partial charge on any atom is -0.497 e. The van der Waals surface area contributed by atoms with Crippen LogP contribution in [-0.2, 0) is 27.5 Å². The lowest BCUT2D eigenvalue weighted by Crippen LogP contribution is -2.57. The van der Waals surface area contributed by atoms with Crippen LogP contribution in [0.5, 0.6) is 5.75 Å². The predicted molar refractivity (Wildman–Crippen MR) is 122 cm³/mol. The molecule has 168 valence electrons. The molecule has 2 aromatic rings. The molecule has 0 spiro atoms. The molecule has 1 aliphatic heterocycles. The lowest BCUT2D eigenvalue weighted by atomic mass is 9.85. The molecule has 0 radical (unpaired) electrons.